The number of nitrogens with two attached hydrogens (primary N) is 1. The number of carbonyl (C=O) groups is 2. The summed E-state index contributed by atoms with van der Waals surface area (Å²) in [6.07, 6.45) is 7.01. The largest absolute Gasteiger partial charge is 0.393 e. The molecule has 0 saturated heterocycles. The highest BCUT2D eigenvalue weighted by Crippen LogP contribution is 2.66. The van der Waals surface area contributed by atoms with E-state index in [1.165, 1.54) is 0 Å². The molecule has 0 aromatic heterocycles. The molecule has 4 aliphatic carbocycles. The SMILES string of the molecule is C[C@]12C=CC(=O)C=C1CCC1C2[C@H](O)C[C@@]2(C)C1C[C@H](N)[C@]2(O)C(=O)CCl. The van der Waals surface area contributed by atoms with Crippen molar-refractivity contribution in [3.05, 3.63) is 23.8 Å². The van der Waals surface area contributed by atoms with Crippen molar-refractivity contribution in [1.29, 1.82) is 0 Å². The first kappa shape index (κ1) is 19.3. The molecule has 148 valence electrons. The van der Waals surface area contributed by atoms with Crippen molar-refractivity contribution in [2.45, 2.75) is 57.3 Å². The van der Waals surface area contributed by atoms with Crippen LogP contribution in [0.2, 0.25) is 0 Å². The molecule has 27 heavy (non-hydrogen) atoms. The molecule has 3 fully saturated rings. The van der Waals surface area contributed by atoms with Gasteiger partial charge in [-0.3, -0.25) is 9.59 Å². The molecule has 6 heteroatoms. The van der Waals surface area contributed by atoms with Gasteiger partial charge in [-0.2, -0.15) is 0 Å². The molecule has 0 aliphatic heterocycles. The molecule has 0 bridgehead atoms. The monoisotopic (exact) mass is 393 g/mol. The number of Topliss-reactive ketones (excluding diaryl/α,β-unsaturated/α-hetero) is 1. The molecule has 3 unspecified atom stereocenters. The van der Waals surface area contributed by atoms with Gasteiger partial charge in [0.05, 0.1) is 12.0 Å². The summed E-state index contributed by atoms with van der Waals surface area (Å²) in [5, 5.41) is 22.6. The third-order valence-electron chi connectivity index (χ3n) is 8.35. The summed E-state index contributed by atoms with van der Waals surface area (Å²) in [7, 11) is 0. The lowest BCUT2D eigenvalue weighted by Crippen LogP contribution is -2.64. The van der Waals surface area contributed by atoms with E-state index in [2.05, 4.69) is 6.92 Å². The topological polar surface area (TPSA) is 101 Å². The van der Waals surface area contributed by atoms with Crippen LogP contribution in [0, 0.1) is 28.6 Å². The Morgan fingerprint density at radius 3 is 2.78 bits per heavy atom. The number of fused-ring (bicyclic) bond motifs is 5. The number of hydrogen-bond acceptors (Lipinski definition) is 5. The van der Waals surface area contributed by atoms with Gasteiger partial charge in [-0.1, -0.05) is 25.5 Å². The number of alkyl halides is 1. The van der Waals surface area contributed by atoms with E-state index >= 15 is 0 Å². The Balaban J connectivity index is 1.78. The molecular weight excluding hydrogens is 366 g/mol. The lowest BCUT2D eigenvalue weighted by Gasteiger charge is -2.59. The molecule has 0 aromatic carbocycles. The summed E-state index contributed by atoms with van der Waals surface area (Å²) in [5.41, 5.74) is 4.50. The Labute approximate surface area is 164 Å². The minimum atomic E-state index is -1.71. The Bertz CT molecular complexity index is 763. The molecule has 0 radical (unpaired) electrons. The maximum atomic E-state index is 12.6. The summed E-state index contributed by atoms with van der Waals surface area (Å²) < 4.78 is 0. The van der Waals surface area contributed by atoms with Crippen LogP contribution in [0.4, 0.5) is 0 Å². The van der Waals surface area contributed by atoms with Crippen LogP contribution in [0.1, 0.15) is 39.5 Å². The summed E-state index contributed by atoms with van der Waals surface area (Å²) in [6, 6.07) is -0.682. The van der Waals surface area contributed by atoms with E-state index in [4.69, 9.17) is 17.3 Å². The summed E-state index contributed by atoms with van der Waals surface area (Å²) in [6.45, 7) is 3.98. The first-order valence-corrected chi connectivity index (χ1v) is 10.3. The van der Waals surface area contributed by atoms with Crippen molar-refractivity contribution < 1.29 is 19.8 Å². The zero-order chi connectivity index (χ0) is 19.8. The number of rotatable bonds is 2. The third-order valence-corrected chi connectivity index (χ3v) is 8.59. The van der Waals surface area contributed by atoms with Crippen LogP contribution in [0.15, 0.2) is 23.8 Å². The van der Waals surface area contributed by atoms with E-state index in [1.54, 1.807) is 12.2 Å². The summed E-state index contributed by atoms with van der Waals surface area (Å²) >= 11 is 5.80. The third kappa shape index (κ3) is 2.29. The smallest absolute Gasteiger partial charge is 0.181 e. The van der Waals surface area contributed by atoms with Crippen LogP contribution >= 0.6 is 11.6 Å². The second-order valence-electron chi connectivity index (χ2n) is 9.38. The second-order valence-corrected chi connectivity index (χ2v) is 9.64. The zero-order valence-electron chi connectivity index (χ0n) is 15.8. The van der Waals surface area contributed by atoms with E-state index in [9.17, 15) is 19.8 Å². The van der Waals surface area contributed by atoms with Gasteiger partial charge in [0.1, 0.15) is 5.60 Å². The number of ketones is 2. The predicted molar refractivity (Wildman–Crippen MR) is 102 cm³/mol. The molecular formula is C21H28ClNO4. The maximum absolute atomic E-state index is 12.6. The van der Waals surface area contributed by atoms with Crippen LogP contribution in [0.25, 0.3) is 0 Å². The average molecular weight is 394 g/mol. The van der Waals surface area contributed by atoms with E-state index in [-0.39, 0.29) is 34.8 Å². The molecule has 5 nitrogen and oxygen atoms in total. The Morgan fingerprint density at radius 2 is 2.11 bits per heavy atom. The summed E-state index contributed by atoms with van der Waals surface area (Å²) in [5.74, 6) is -0.629. The van der Waals surface area contributed by atoms with Crippen LogP contribution in [0.3, 0.4) is 0 Å². The van der Waals surface area contributed by atoms with Crippen molar-refractivity contribution in [1.82, 2.24) is 0 Å². The standard InChI is InChI=1S/C21H28ClNO4/c1-19-6-5-12(24)7-11(19)3-4-13-14-8-16(23)21(27,17(26)10-22)20(14,2)9-15(25)18(13)19/h5-7,13-16,18,25,27H,3-4,8-10,23H2,1-2H3/t13?,14?,15-,16+,18?,19+,20+,21+/m1/s1. The van der Waals surface area contributed by atoms with Crippen LogP contribution in [-0.2, 0) is 9.59 Å². The maximum Gasteiger partial charge on any atom is 0.181 e. The zero-order valence-corrected chi connectivity index (χ0v) is 16.6. The minimum absolute atomic E-state index is 0.000959. The molecule has 0 spiro atoms. The highest BCUT2D eigenvalue weighted by Gasteiger charge is 2.70. The highest BCUT2D eigenvalue weighted by atomic mass is 35.5. The van der Waals surface area contributed by atoms with Gasteiger partial charge >= 0.3 is 0 Å². The molecule has 3 saturated carbocycles. The van der Waals surface area contributed by atoms with Gasteiger partial charge in [0, 0.05) is 22.8 Å². The van der Waals surface area contributed by atoms with Crippen LogP contribution in [-0.4, -0.2) is 45.4 Å². The average Bonchev–Trinajstić information content (AvgIpc) is 2.82. The Kier molecular flexibility index (Phi) is 4.29. The number of aliphatic hydroxyl groups is 2. The number of carbonyl (C=O) groups excluding carboxylic acids is 2. The van der Waals surface area contributed by atoms with Crippen molar-refractivity contribution in [2.75, 3.05) is 5.88 Å². The number of halogens is 1. The fourth-order valence-electron chi connectivity index (χ4n) is 7.04. The minimum Gasteiger partial charge on any atom is -0.393 e. The number of hydrogen-bond donors (Lipinski definition) is 3. The molecule has 8 atom stereocenters. The highest BCUT2D eigenvalue weighted by molar-refractivity contribution is 6.29. The van der Waals surface area contributed by atoms with Gasteiger partial charge in [-0.25, -0.2) is 0 Å². The Morgan fingerprint density at radius 1 is 1.41 bits per heavy atom. The van der Waals surface area contributed by atoms with E-state index in [1.807, 2.05) is 13.0 Å². The van der Waals surface area contributed by atoms with Crippen molar-refractivity contribution in [3.63, 3.8) is 0 Å². The quantitative estimate of drug-likeness (QED) is 0.620. The number of aliphatic hydroxyl groups excluding tert-OH is 1. The lowest BCUT2D eigenvalue weighted by atomic mass is 9.46. The van der Waals surface area contributed by atoms with Gasteiger partial charge in [0.25, 0.3) is 0 Å². The van der Waals surface area contributed by atoms with E-state index in [0.717, 1.165) is 18.4 Å². The molecule has 0 amide bonds. The van der Waals surface area contributed by atoms with Crippen LogP contribution < -0.4 is 5.73 Å². The van der Waals surface area contributed by atoms with Gasteiger partial charge in [-0.05, 0) is 49.7 Å². The van der Waals surface area contributed by atoms with Gasteiger partial charge in [-0.15, -0.1) is 11.6 Å². The first-order chi connectivity index (χ1) is 12.6. The van der Waals surface area contributed by atoms with E-state index < -0.39 is 28.9 Å². The van der Waals surface area contributed by atoms with Crippen molar-refractivity contribution in [2.24, 2.45) is 34.3 Å². The molecule has 4 N–H and O–H groups in total. The molecule has 0 heterocycles. The van der Waals surface area contributed by atoms with Crippen LogP contribution in [0.5, 0.6) is 0 Å². The summed E-state index contributed by atoms with van der Waals surface area (Å²) in [4.78, 5) is 24.4. The Hall–Kier alpha value is -1.01. The van der Waals surface area contributed by atoms with Gasteiger partial charge in [0.2, 0.25) is 0 Å². The molecule has 4 rings (SSSR count). The van der Waals surface area contributed by atoms with Crippen molar-refractivity contribution >= 4 is 23.2 Å². The van der Waals surface area contributed by atoms with Gasteiger partial charge < -0.3 is 15.9 Å². The lowest BCUT2D eigenvalue weighted by molar-refractivity contribution is -0.176. The number of allylic oxidation sites excluding steroid dienone is 4. The fraction of sp³-hybridized carbons (Fsp3) is 0.714. The van der Waals surface area contributed by atoms with Gasteiger partial charge in [0.15, 0.2) is 11.6 Å². The molecule has 4 aliphatic rings. The van der Waals surface area contributed by atoms with Crippen molar-refractivity contribution in [3.8, 4) is 0 Å². The predicted octanol–water partition coefficient (Wildman–Crippen LogP) is 1.74. The first-order valence-electron chi connectivity index (χ1n) is 9.79. The van der Waals surface area contributed by atoms with E-state index in [0.29, 0.717) is 12.8 Å². The second kappa shape index (κ2) is 5.99. The fourth-order valence-corrected chi connectivity index (χ4v) is 7.24. The molecule has 0 aromatic rings. The normalized spacial score (nSPS) is 51.3.